The second-order valence-corrected chi connectivity index (χ2v) is 8.68. The zero-order valence-electron chi connectivity index (χ0n) is 17.1. The molecule has 0 N–H and O–H groups in total. The Morgan fingerprint density at radius 2 is 2.24 bits per heavy atom. The highest BCUT2D eigenvalue weighted by Gasteiger charge is 2.24. The van der Waals surface area contributed by atoms with Gasteiger partial charge in [0.1, 0.15) is 0 Å². The van der Waals surface area contributed by atoms with Crippen LogP contribution >= 0.6 is 11.3 Å². The molecular weight excluding hydrogens is 384 g/mol. The molecule has 4 rings (SSSR count). The molecule has 1 fully saturated rings. The number of carbonyl (C=O) groups excluding carboxylic acids is 1. The first-order chi connectivity index (χ1) is 14.0. The summed E-state index contributed by atoms with van der Waals surface area (Å²) in [7, 11) is 4.02. The number of nitrogens with zero attached hydrogens (tertiary/aromatic N) is 6. The highest BCUT2D eigenvalue weighted by atomic mass is 32.1. The van der Waals surface area contributed by atoms with Crippen LogP contribution in [-0.4, -0.2) is 69.2 Å². The maximum Gasteiger partial charge on any atom is 0.257 e. The number of hydrogen-bond acceptors (Lipinski definition) is 6. The van der Waals surface area contributed by atoms with Gasteiger partial charge in [-0.15, -0.1) is 11.3 Å². The highest BCUT2D eigenvalue weighted by Crippen LogP contribution is 2.23. The smallest absolute Gasteiger partial charge is 0.257 e. The summed E-state index contributed by atoms with van der Waals surface area (Å²) in [5, 5.41) is 6.43. The summed E-state index contributed by atoms with van der Waals surface area (Å²) in [5.41, 5.74) is 2.21. The van der Waals surface area contributed by atoms with E-state index in [9.17, 15) is 4.79 Å². The number of piperidine rings is 1. The lowest BCUT2D eigenvalue weighted by Crippen LogP contribution is -2.40. The molecule has 0 radical (unpaired) electrons. The van der Waals surface area contributed by atoms with Gasteiger partial charge in [-0.05, 0) is 56.8 Å². The average molecular weight is 411 g/mol. The van der Waals surface area contributed by atoms with Crippen molar-refractivity contribution in [2.75, 3.05) is 33.7 Å². The number of aromatic nitrogens is 4. The topological polar surface area (TPSA) is 67.2 Å². The van der Waals surface area contributed by atoms with Crippen molar-refractivity contribution < 1.29 is 4.79 Å². The van der Waals surface area contributed by atoms with E-state index in [1.807, 2.05) is 42.5 Å². The van der Waals surface area contributed by atoms with Gasteiger partial charge >= 0.3 is 0 Å². The van der Waals surface area contributed by atoms with Gasteiger partial charge in [-0.1, -0.05) is 6.07 Å². The fraction of sp³-hybridized carbons (Fsp3) is 0.429. The van der Waals surface area contributed by atoms with Crippen molar-refractivity contribution in [2.45, 2.75) is 19.8 Å². The van der Waals surface area contributed by atoms with Crippen LogP contribution < -0.4 is 0 Å². The van der Waals surface area contributed by atoms with E-state index in [4.69, 9.17) is 0 Å². The van der Waals surface area contributed by atoms with Gasteiger partial charge in [0.15, 0.2) is 0 Å². The lowest BCUT2D eigenvalue weighted by Gasteiger charge is -2.32. The Morgan fingerprint density at radius 1 is 1.38 bits per heavy atom. The number of likely N-dealkylation sites (tertiary alicyclic amines) is 1. The highest BCUT2D eigenvalue weighted by molar-refractivity contribution is 7.13. The van der Waals surface area contributed by atoms with Crippen LogP contribution in [0.4, 0.5) is 0 Å². The standard InChI is InChI=1S/C21H26N6OS/c1-15-17(20(28)26(3)14-16-6-4-10-25(2)13-16)12-23-27(15)21-22-9-8-18(24-21)19-7-5-11-29-19/h5,7-9,11-12,16H,4,6,10,13-14H2,1-3H3/t16-/m1/s1. The normalized spacial score (nSPS) is 17.4. The first kappa shape index (κ1) is 19.7. The fourth-order valence-electron chi connectivity index (χ4n) is 3.93. The fourth-order valence-corrected chi connectivity index (χ4v) is 4.63. The summed E-state index contributed by atoms with van der Waals surface area (Å²) in [4.78, 5) is 27.3. The molecule has 4 heterocycles. The zero-order valence-corrected chi connectivity index (χ0v) is 17.9. The maximum atomic E-state index is 13.0. The first-order valence-corrected chi connectivity index (χ1v) is 10.8. The number of amides is 1. The molecule has 1 atom stereocenters. The molecule has 0 unspecified atom stereocenters. The Hall–Kier alpha value is -2.58. The predicted molar refractivity (Wildman–Crippen MR) is 114 cm³/mol. The largest absolute Gasteiger partial charge is 0.341 e. The number of carbonyl (C=O) groups is 1. The molecule has 0 saturated carbocycles. The third-order valence-electron chi connectivity index (χ3n) is 5.45. The van der Waals surface area contributed by atoms with Crippen molar-refractivity contribution in [3.05, 3.63) is 47.2 Å². The van der Waals surface area contributed by atoms with Crippen LogP contribution in [0.1, 0.15) is 28.9 Å². The Morgan fingerprint density at radius 3 is 3.00 bits per heavy atom. The van der Waals surface area contributed by atoms with Gasteiger partial charge in [0, 0.05) is 26.3 Å². The molecule has 3 aromatic heterocycles. The SMILES string of the molecule is Cc1c(C(=O)N(C)C[C@@H]2CCCN(C)C2)cnn1-c1nccc(-c2cccs2)n1. The van der Waals surface area contributed by atoms with Crippen LogP contribution in [0.2, 0.25) is 0 Å². The van der Waals surface area contributed by atoms with Crippen molar-refractivity contribution >= 4 is 17.2 Å². The molecule has 7 nitrogen and oxygen atoms in total. The Labute approximate surface area is 175 Å². The van der Waals surface area contributed by atoms with Crippen molar-refractivity contribution in [3.8, 4) is 16.5 Å². The summed E-state index contributed by atoms with van der Waals surface area (Å²) >= 11 is 1.63. The summed E-state index contributed by atoms with van der Waals surface area (Å²) < 4.78 is 1.65. The monoisotopic (exact) mass is 410 g/mol. The van der Waals surface area contributed by atoms with Crippen LogP contribution in [0.15, 0.2) is 36.0 Å². The molecule has 29 heavy (non-hydrogen) atoms. The predicted octanol–water partition coefficient (Wildman–Crippen LogP) is 3.11. The summed E-state index contributed by atoms with van der Waals surface area (Å²) in [6.45, 7) is 4.84. The minimum absolute atomic E-state index is 0.00334. The first-order valence-electron chi connectivity index (χ1n) is 9.89. The summed E-state index contributed by atoms with van der Waals surface area (Å²) in [6.07, 6.45) is 5.72. The molecule has 0 aliphatic carbocycles. The van der Waals surface area contributed by atoms with Crippen molar-refractivity contribution in [1.29, 1.82) is 0 Å². The maximum absolute atomic E-state index is 13.0. The van der Waals surface area contributed by atoms with Crippen LogP contribution in [0.3, 0.4) is 0 Å². The third-order valence-corrected chi connectivity index (χ3v) is 6.34. The summed E-state index contributed by atoms with van der Waals surface area (Å²) in [6, 6.07) is 5.91. The number of thiophene rings is 1. The minimum Gasteiger partial charge on any atom is -0.341 e. The van der Waals surface area contributed by atoms with E-state index in [0.717, 1.165) is 35.9 Å². The lowest BCUT2D eigenvalue weighted by atomic mass is 9.98. The van der Waals surface area contributed by atoms with Crippen LogP contribution in [0.25, 0.3) is 16.5 Å². The molecule has 0 bridgehead atoms. The van der Waals surface area contributed by atoms with E-state index in [2.05, 4.69) is 27.0 Å². The Kier molecular flexibility index (Phi) is 5.73. The average Bonchev–Trinajstić information content (AvgIpc) is 3.37. The molecule has 3 aromatic rings. The molecule has 0 spiro atoms. The molecule has 8 heteroatoms. The minimum atomic E-state index is -0.00334. The van der Waals surface area contributed by atoms with E-state index in [0.29, 0.717) is 17.4 Å². The van der Waals surface area contributed by atoms with Gasteiger partial charge in [-0.3, -0.25) is 4.79 Å². The van der Waals surface area contributed by atoms with E-state index >= 15 is 0 Å². The van der Waals surface area contributed by atoms with Gasteiger partial charge in [-0.2, -0.15) is 5.10 Å². The summed E-state index contributed by atoms with van der Waals surface area (Å²) in [5.74, 6) is 0.990. The van der Waals surface area contributed by atoms with Gasteiger partial charge in [0.05, 0.1) is 28.0 Å². The van der Waals surface area contributed by atoms with Gasteiger partial charge < -0.3 is 9.80 Å². The van der Waals surface area contributed by atoms with E-state index in [-0.39, 0.29) is 5.91 Å². The Bertz CT molecular complexity index is 983. The number of rotatable bonds is 5. The number of hydrogen-bond donors (Lipinski definition) is 0. The van der Waals surface area contributed by atoms with Crippen LogP contribution in [-0.2, 0) is 0 Å². The molecule has 152 valence electrons. The van der Waals surface area contributed by atoms with Crippen LogP contribution in [0.5, 0.6) is 0 Å². The third kappa shape index (κ3) is 4.23. The van der Waals surface area contributed by atoms with Crippen molar-refractivity contribution in [1.82, 2.24) is 29.5 Å². The van der Waals surface area contributed by atoms with Gasteiger partial charge in [-0.25, -0.2) is 14.6 Å². The molecular formula is C21H26N6OS. The van der Waals surface area contributed by atoms with Crippen molar-refractivity contribution in [2.24, 2.45) is 5.92 Å². The van der Waals surface area contributed by atoms with E-state index in [1.165, 1.54) is 12.8 Å². The second-order valence-electron chi connectivity index (χ2n) is 7.73. The molecule has 1 aliphatic heterocycles. The Balaban J connectivity index is 1.52. The van der Waals surface area contributed by atoms with Gasteiger partial charge in [0.25, 0.3) is 11.9 Å². The van der Waals surface area contributed by atoms with E-state index in [1.54, 1.807) is 28.4 Å². The van der Waals surface area contributed by atoms with Crippen molar-refractivity contribution in [3.63, 3.8) is 0 Å². The zero-order chi connectivity index (χ0) is 20.4. The van der Waals surface area contributed by atoms with Gasteiger partial charge in [0.2, 0.25) is 0 Å². The lowest BCUT2D eigenvalue weighted by molar-refractivity contribution is 0.0740. The quantitative estimate of drug-likeness (QED) is 0.647. The molecule has 1 aliphatic rings. The van der Waals surface area contributed by atoms with Crippen LogP contribution in [0, 0.1) is 12.8 Å². The van der Waals surface area contributed by atoms with E-state index < -0.39 is 0 Å². The molecule has 0 aromatic carbocycles. The molecule has 1 amide bonds. The molecule has 1 saturated heterocycles. The second kappa shape index (κ2) is 8.42.